The van der Waals surface area contributed by atoms with Crippen LogP contribution in [0.3, 0.4) is 0 Å². The Morgan fingerprint density at radius 1 is 0.731 bits per heavy atom. The van der Waals surface area contributed by atoms with Crippen molar-refractivity contribution in [3.05, 3.63) is 47.5 Å². The van der Waals surface area contributed by atoms with Gasteiger partial charge in [0.15, 0.2) is 17.3 Å². The molecule has 0 saturated heterocycles. The molecule has 0 aliphatic rings. The van der Waals surface area contributed by atoms with Gasteiger partial charge in [0.25, 0.3) is 0 Å². The molecule has 0 heterocycles. The van der Waals surface area contributed by atoms with E-state index in [-0.39, 0.29) is 5.78 Å². The smallest absolute Gasteiger partial charge is 0.185 e. The number of hydrogen-bond donors (Lipinski definition) is 0. The molecule has 0 amide bonds. The summed E-state index contributed by atoms with van der Waals surface area (Å²) in [5, 5.41) is 0. The fraction of sp³-hybridized carbons (Fsp3) is 0.250. The normalized spacial score (nSPS) is 10.5. The maximum Gasteiger partial charge on any atom is 0.185 e. The lowest BCUT2D eigenvalue weighted by Gasteiger charge is -2.12. The zero-order chi connectivity index (χ0) is 19.1. The van der Waals surface area contributed by atoms with Crippen LogP contribution in [0.4, 0.5) is 0 Å². The van der Waals surface area contributed by atoms with E-state index in [9.17, 15) is 4.79 Å². The van der Waals surface area contributed by atoms with Crippen LogP contribution in [-0.2, 0) is 0 Å². The van der Waals surface area contributed by atoms with Crippen LogP contribution in [0.15, 0.2) is 36.4 Å². The van der Waals surface area contributed by atoms with Gasteiger partial charge in [0, 0.05) is 17.7 Å². The first-order chi connectivity index (χ1) is 12.6. The van der Waals surface area contributed by atoms with Crippen LogP contribution >= 0.6 is 0 Å². The zero-order valence-electron chi connectivity index (χ0n) is 15.5. The number of ether oxygens (including phenoxy) is 5. The quantitative estimate of drug-likeness (QED) is 0.530. The first kappa shape index (κ1) is 19.2. The highest BCUT2D eigenvalue weighted by Crippen LogP contribution is 2.35. The lowest BCUT2D eigenvalue weighted by atomic mass is 10.1. The number of methoxy groups -OCH3 is 5. The summed E-state index contributed by atoms with van der Waals surface area (Å²) in [7, 11) is 7.71. The number of hydrogen-bond acceptors (Lipinski definition) is 6. The van der Waals surface area contributed by atoms with Gasteiger partial charge in [-0.1, -0.05) is 0 Å². The molecule has 0 aromatic heterocycles. The fourth-order valence-electron chi connectivity index (χ4n) is 2.44. The largest absolute Gasteiger partial charge is 0.496 e. The van der Waals surface area contributed by atoms with Crippen LogP contribution in [-0.4, -0.2) is 41.3 Å². The first-order valence-corrected chi connectivity index (χ1v) is 7.82. The fourth-order valence-corrected chi connectivity index (χ4v) is 2.44. The van der Waals surface area contributed by atoms with Crippen LogP contribution in [0.1, 0.15) is 15.9 Å². The molecule has 6 heteroatoms. The number of carbonyl (C=O) groups is 1. The van der Waals surface area contributed by atoms with Gasteiger partial charge in [-0.2, -0.15) is 0 Å². The summed E-state index contributed by atoms with van der Waals surface area (Å²) in [5.41, 5.74) is 1.12. The van der Waals surface area contributed by atoms with Gasteiger partial charge < -0.3 is 23.7 Å². The average Bonchev–Trinajstić information content (AvgIpc) is 2.70. The molecule has 2 rings (SSSR count). The van der Waals surface area contributed by atoms with E-state index in [1.165, 1.54) is 13.2 Å². The lowest BCUT2D eigenvalue weighted by Crippen LogP contribution is -1.98. The Hall–Kier alpha value is -3.15. The Kier molecular flexibility index (Phi) is 6.49. The molecule has 2 aromatic rings. The Morgan fingerprint density at radius 2 is 1.31 bits per heavy atom. The molecule has 0 bridgehead atoms. The number of benzene rings is 2. The van der Waals surface area contributed by atoms with Gasteiger partial charge in [-0.3, -0.25) is 4.79 Å². The monoisotopic (exact) mass is 358 g/mol. The van der Waals surface area contributed by atoms with Gasteiger partial charge in [-0.05, 0) is 30.4 Å². The maximum absolute atomic E-state index is 12.5. The summed E-state index contributed by atoms with van der Waals surface area (Å²) in [6.07, 6.45) is 3.10. The predicted octanol–water partition coefficient (Wildman–Crippen LogP) is 3.63. The third-order valence-electron chi connectivity index (χ3n) is 3.82. The molecule has 138 valence electrons. The van der Waals surface area contributed by atoms with Crippen LogP contribution in [0.25, 0.3) is 6.08 Å². The van der Waals surface area contributed by atoms with Gasteiger partial charge in [0.2, 0.25) is 0 Å². The molecule has 0 aliphatic heterocycles. The first-order valence-electron chi connectivity index (χ1n) is 7.82. The van der Waals surface area contributed by atoms with Gasteiger partial charge in [-0.15, -0.1) is 0 Å². The van der Waals surface area contributed by atoms with Crippen molar-refractivity contribution in [3.8, 4) is 28.7 Å². The second-order valence-electron chi connectivity index (χ2n) is 5.21. The third-order valence-corrected chi connectivity index (χ3v) is 3.82. The summed E-state index contributed by atoms with van der Waals surface area (Å²) in [6.45, 7) is 0. The number of rotatable bonds is 8. The van der Waals surface area contributed by atoms with Crippen LogP contribution < -0.4 is 23.7 Å². The van der Waals surface area contributed by atoms with Crippen LogP contribution in [0.5, 0.6) is 28.7 Å². The summed E-state index contributed by atoms with van der Waals surface area (Å²) < 4.78 is 26.4. The molecule has 2 aromatic carbocycles. The summed E-state index contributed by atoms with van der Waals surface area (Å²) in [5.74, 6) is 2.54. The number of allylic oxidation sites excluding steroid dienone is 1. The van der Waals surface area contributed by atoms with Gasteiger partial charge >= 0.3 is 0 Å². The minimum atomic E-state index is -0.189. The van der Waals surface area contributed by atoms with Crippen molar-refractivity contribution >= 4 is 11.9 Å². The molecule has 0 radical (unpaired) electrons. The van der Waals surface area contributed by atoms with Crippen molar-refractivity contribution in [2.45, 2.75) is 0 Å². The lowest BCUT2D eigenvalue weighted by molar-refractivity contribution is 0.104. The average molecular weight is 358 g/mol. The van der Waals surface area contributed by atoms with Crippen LogP contribution in [0.2, 0.25) is 0 Å². The van der Waals surface area contributed by atoms with E-state index in [0.717, 1.165) is 0 Å². The molecule has 0 saturated carbocycles. The minimum absolute atomic E-state index is 0.189. The molecule has 0 unspecified atom stereocenters. The zero-order valence-corrected chi connectivity index (χ0v) is 15.5. The van der Waals surface area contributed by atoms with E-state index in [4.69, 9.17) is 23.7 Å². The van der Waals surface area contributed by atoms with E-state index in [0.29, 0.717) is 39.9 Å². The van der Waals surface area contributed by atoms with E-state index in [1.807, 2.05) is 0 Å². The predicted molar refractivity (Wildman–Crippen MR) is 99.0 cm³/mol. The third kappa shape index (κ3) is 4.08. The molecular formula is C20H22O6. The second-order valence-corrected chi connectivity index (χ2v) is 5.21. The highest BCUT2D eigenvalue weighted by Gasteiger charge is 2.13. The van der Waals surface area contributed by atoms with E-state index < -0.39 is 0 Å². The van der Waals surface area contributed by atoms with E-state index in [2.05, 4.69) is 0 Å². The SMILES string of the molecule is COc1cc(OC)c(/C=C/C(=O)c2ccc(OC)c(OC)c2)c(OC)c1. The van der Waals surface area contributed by atoms with Crippen molar-refractivity contribution in [2.24, 2.45) is 0 Å². The van der Waals surface area contributed by atoms with Gasteiger partial charge in [0.05, 0.1) is 41.1 Å². The molecule has 0 N–H and O–H groups in total. The molecule has 0 fully saturated rings. The Balaban J connectivity index is 2.36. The molecule has 26 heavy (non-hydrogen) atoms. The highest BCUT2D eigenvalue weighted by atomic mass is 16.5. The van der Waals surface area contributed by atoms with Crippen molar-refractivity contribution in [3.63, 3.8) is 0 Å². The Labute approximate surface area is 152 Å². The Morgan fingerprint density at radius 3 is 1.81 bits per heavy atom. The topological polar surface area (TPSA) is 63.2 Å². The number of ketones is 1. The molecule has 0 atom stereocenters. The summed E-state index contributed by atoms with van der Waals surface area (Å²) >= 11 is 0. The van der Waals surface area contributed by atoms with Crippen LogP contribution in [0, 0.1) is 0 Å². The maximum atomic E-state index is 12.5. The highest BCUT2D eigenvalue weighted by molar-refractivity contribution is 6.07. The van der Waals surface area contributed by atoms with E-state index in [1.54, 1.807) is 64.8 Å². The van der Waals surface area contributed by atoms with E-state index >= 15 is 0 Å². The molecule has 0 spiro atoms. The second kappa shape index (κ2) is 8.80. The van der Waals surface area contributed by atoms with Crippen molar-refractivity contribution in [1.82, 2.24) is 0 Å². The van der Waals surface area contributed by atoms with Gasteiger partial charge in [-0.25, -0.2) is 0 Å². The number of carbonyl (C=O) groups excluding carboxylic acids is 1. The molecule has 0 aliphatic carbocycles. The minimum Gasteiger partial charge on any atom is -0.496 e. The van der Waals surface area contributed by atoms with Crippen molar-refractivity contribution < 1.29 is 28.5 Å². The van der Waals surface area contributed by atoms with Crippen molar-refractivity contribution in [1.29, 1.82) is 0 Å². The summed E-state index contributed by atoms with van der Waals surface area (Å²) in [6, 6.07) is 8.45. The molecular weight excluding hydrogens is 336 g/mol. The standard InChI is InChI=1S/C20H22O6/c1-22-14-11-18(24-3)15(19(12-14)25-4)7-8-16(21)13-6-9-17(23-2)20(10-13)26-5/h6-12H,1-5H3/b8-7+. The van der Waals surface area contributed by atoms with Gasteiger partial charge in [0.1, 0.15) is 17.2 Å². The Bertz CT molecular complexity index is 785. The molecule has 6 nitrogen and oxygen atoms in total. The van der Waals surface area contributed by atoms with Crippen molar-refractivity contribution in [2.75, 3.05) is 35.5 Å². The summed E-state index contributed by atoms with van der Waals surface area (Å²) in [4.78, 5) is 12.5.